The van der Waals surface area contributed by atoms with Gasteiger partial charge in [0, 0.05) is 25.7 Å². The first-order valence-electron chi connectivity index (χ1n) is 34.0. The van der Waals surface area contributed by atoms with Crippen molar-refractivity contribution in [2.75, 3.05) is 39.6 Å². The number of aliphatic hydroxyl groups excluding tert-OH is 1. The number of carbonyl (C=O) groups is 4. The lowest BCUT2D eigenvalue weighted by Crippen LogP contribution is -2.30. The molecule has 0 aliphatic carbocycles. The molecule has 0 aromatic carbocycles. The van der Waals surface area contributed by atoms with Crippen LogP contribution in [-0.2, 0) is 65.4 Å². The molecule has 2 unspecified atom stereocenters. The van der Waals surface area contributed by atoms with Crippen LogP contribution < -0.4 is 0 Å². The highest BCUT2D eigenvalue weighted by molar-refractivity contribution is 7.47. The second-order valence-electron chi connectivity index (χ2n) is 24.5. The number of phosphoric ester groups is 2. The summed E-state index contributed by atoms with van der Waals surface area (Å²) in [6.07, 6.45) is 40.7. The van der Waals surface area contributed by atoms with E-state index in [1.807, 2.05) is 0 Å². The first kappa shape index (κ1) is 82.1. The molecule has 84 heavy (non-hydrogen) atoms. The lowest BCUT2D eigenvalue weighted by Gasteiger charge is -2.21. The zero-order valence-corrected chi connectivity index (χ0v) is 56.0. The summed E-state index contributed by atoms with van der Waals surface area (Å²) in [7, 11) is -9.88. The van der Waals surface area contributed by atoms with E-state index in [1.54, 1.807) is 0 Å². The lowest BCUT2D eigenvalue weighted by atomic mass is 10.0. The van der Waals surface area contributed by atoms with Gasteiger partial charge in [0.1, 0.15) is 19.3 Å². The summed E-state index contributed by atoms with van der Waals surface area (Å²) in [5.41, 5.74) is 0. The van der Waals surface area contributed by atoms with Crippen LogP contribution in [0.4, 0.5) is 0 Å². The van der Waals surface area contributed by atoms with E-state index in [1.165, 1.54) is 135 Å². The summed E-state index contributed by atoms with van der Waals surface area (Å²) >= 11 is 0. The average Bonchev–Trinajstić information content (AvgIpc) is 3.50. The van der Waals surface area contributed by atoms with E-state index in [0.717, 1.165) is 108 Å². The molecule has 0 fully saturated rings. The molecular formula is C65H126O17P2. The summed E-state index contributed by atoms with van der Waals surface area (Å²) in [5, 5.41) is 10.5. The highest BCUT2D eigenvalue weighted by Crippen LogP contribution is 2.45. The van der Waals surface area contributed by atoms with E-state index >= 15 is 0 Å². The highest BCUT2D eigenvalue weighted by Gasteiger charge is 2.30. The van der Waals surface area contributed by atoms with Crippen LogP contribution in [0.15, 0.2) is 0 Å². The van der Waals surface area contributed by atoms with Gasteiger partial charge in [0.2, 0.25) is 0 Å². The van der Waals surface area contributed by atoms with Crippen LogP contribution in [0.5, 0.6) is 0 Å². The van der Waals surface area contributed by atoms with Crippen LogP contribution in [0.3, 0.4) is 0 Å². The predicted molar refractivity (Wildman–Crippen MR) is 335 cm³/mol. The summed E-state index contributed by atoms with van der Waals surface area (Å²) < 4.78 is 67.8. The minimum absolute atomic E-state index is 0.105. The van der Waals surface area contributed by atoms with Crippen LogP contribution in [0.25, 0.3) is 0 Å². The van der Waals surface area contributed by atoms with Crippen LogP contribution >= 0.6 is 15.6 Å². The molecule has 0 aliphatic heterocycles. The third-order valence-corrected chi connectivity index (χ3v) is 16.9. The number of hydrogen-bond donors (Lipinski definition) is 3. The van der Waals surface area contributed by atoms with E-state index in [0.29, 0.717) is 25.7 Å². The zero-order chi connectivity index (χ0) is 62.2. The Kier molecular flexibility index (Phi) is 56.2. The van der Waals surface area contributed by atoms with Crippen molar-refractivity contribution in [3.05, 3.63) is 0 Å². The molecule has 19 heteroatoms. The van der Waals surface area contributed by atoms with E-state index in [2.05, 4.69) is 41.5 Å². The molecule has 0 saturated heterocycles. The molecule has 0 heterocycles. The molecule has 0 amide bonds. The molecule has 0 spiro atoms. The molecule has 0 aliphatic rings. The Morgan fingerprint density at radius 3 is 0.810 bits per heavy atom. The summed E-state index contributed by atoms with van der Waals surface area (Å²) in [6, 6.07) is 0. The third-order valence-electron chi connectivity index (χ3n) is 15.0. The number of ether oxygens (including phenoxy) is 4. The van der Waals surface area contributed by atoms with Gasteiger partial charge in [0.15, 0.2) is 12.2 Å². The van der Waals surface area contributed by atoms with Gasteiger partial charge >= 0.3 is 39.5 Å². The molecule has 498 valence electrons. The summed E-state index contributed by atoms with van der Waals surface area (Å²) in [6.45, 7) is 9.42. The van der Waals surface area contributed by atoms with Crippen molar-refractivity contribution in [3.63, 3.8) is 0 Å². The smallest absolute Gasteiger partial charge is 0.462 e. The van der Waals surface area contributed by atoms with E-state index < -0.39 is 97.5 Å². The molecule has 0 saturated carbocycles. The summed E-state index contributed by atoms with van der Waals surface area (Å²) in [4.78, 5) is 72.0. The predicted octanol–water partition coefficient (Wildman–Crippen LogP) is 18.0. The van der Waals surface area contributed by atoms with Gasteiger partial charge in [-0.15, -0.1) is 0 Å². The highest BCUT2D eigenvalue weighted by atomic mass is 31.2. The Balaban J connectivity index is 5.16. The second-order valence-corrected chi connectivity index (χ2v) is 27.4. The SMILES string of the molecule is CCCCCCCCCCCC(=O)O[C@H](COC(=O)CCCCCCC)COP(=O)(O)OC[C@H](O)COP(=O)(O)OC[C@@H](COC(=O)CCCCCCCCCCCCC(C)C)OC(=O)CCCCCCCCCCCCCCCCC(C)C. The Labute approximate surface area is 511 Å². The lowest BCUT2D eigenvalue weighted by molar-refractivity contribution is -0.161. The Bertz CT molecular complexity index is 1650. The minimum Gasteiger partial charge on any atom is -0.462 e. The zero-order valence-electron chi connectivity index (χ0n) is 54.2. The monoisotopic (exact) mass is 1240 g/mol. The minimum atomic E-state index is -4.94. The molecule has 0 aromatic heterocycles. The number of carbonyl (C=O) groups excluding carboxylic acids is 4. The van der Waals surface area contributed by atoms with Crippen molar-refractivity contribution >= 4 is 39.5 Å². The van der Waals surface area contributed by atoms with Gasteiger partial charge in [-0.25, -0.2) is 9.13 Å². The van der Waals surface area contributed by atoms with Crippen molar-refractivity contribution in [2.24, 2.45) is 11.8 Å². The van der Waals surface area contributed by atoms with Crippen molar-refractivity contribution in [1.29, 1.82) is 0 Å². The number of unbranched alkanes of at least 4 members (excludes halogenated alkanes) is 34. The van der Waals surface area contributed by atoms with Crippen molar-refractivity contribution in [1.82, 2.24) is 0 Å². The molecule has 0 aromatic rings. The van der Waals surface area contributed by atoms with E-state index in [9.17, 15) is 43.2 Å². The second kappa shape index (κ2) is 57.5. The number of hydrogen-bond acceptors (Lipinski definition) is 15. The van der Waals surface area contributed by atoms with Crippen LogP contribution in [0.1, 0.15) is 324 Å². The largest absolute Gasteiger partial charge is 0.472 e. The topological polar surface area (TPSA) is 237 Å². The normalized spacial score (nSPS) is 14.3. The fourth-order valence-corrected chi connectivity index (χ4v) is 11.3. The number of phosphoric acid groups is 2. The van der Waals surface area contributed by atoms with Gasteiger partial charge in [-0.05, 0) is 37.5 Å². The maximum absolute atomic E-state index is 13.0. The fraction of sp³-hybridized carbons (Fsp3) is 0.938. The van der Waals surface area contributed by atoms with E-state index in [-0.39, 0.29) is 25.7 Å². The van der Waals surface area contributed by atoms with Crippen LogP contribution in [-0.4, -0.2) is 96.7 Å². The Hall–Kier alpha value is -1.94. The first-order valence-corrected chi connectivity index (χ1v) is 37.0. The van der Waals surface area contributed by atoms with Gasteiger partial charge in [-0.1, -0.05) is 273 Å². The van der Waals surface area contributed by atoms with Gasteiger partial charge in [0.05, 0.1) is 26.4 Å². The number of aliphatic hydroxyl groups is 1. The molecule has 17 nitrogen and oxygen atoms in total. The standard InChI is InChI=1S/C65H126O17P2/c1-7-9-11-13-14-23-31-37-43-49-64(69)81-60(53-75-62(67)47-41-33-12-10-8-2)55-79-83(71,72)77-51-59(66)52-78-84(73,74)80-56-61(54-76-63(68)48-42-36-30-26-22-21-25-29-35-40-46-58(5)6)82-65(70)50-44-38-32-27-20-18-16-15-17-19-24-28-34-39-45-57(3)4/h57-61,66H,7-56H2,1-6H3,(H,71,72)(H,73,74)/t59-,60+,61+/m0/s1. The molecule has 0 radical (unpaired) electrons. The quantitative estimate of drug-likeness (QED) is 0.0222. The number of esters is 4. The molecular weight excluding hydrogens is 1110 g/mol. The van der Waals surface area contributed by atoms with Crippen molar-refractivity contribution in [2.45, 2.75) is 342 Å². The van der Waals surface area contributed by atoms with E-state index in [4.69, 9.17) is 37.0 Å². The fourth-order valence-electron chi connectivity index (χ4n) is 9.71. The van der Waals surface area contributed by atoms with Crippen LogP contribution in [0.2, 0.25) is 0 Å². The average molecular weight is 1240 g/mol. The van der Waals surface area contributed by atoms with Gasteiger partial charge < -0.3 is 33.8 Å². The van der Waals surface area contributed by atoms with Crippen LogP contribution in [0, 0.1) is 11.8 Å². The Morgan fingerprint density at radius 1 is 0.321 bits per heavy atom. The molecule has 3 N–H and O–H groups in total. The molecule has 0 rings (SSSR count). The van der Waals surface area contributed by atoms with Gasteiger partial charge in [0.25, 0.3) is 0 Å². The van der Waals surface area contributed by atoms with Gasteiger partial charge in [-0.2, -0.15) is 0 Å². The third kappa shape index (κ3) is 59.0. The molecule has 5 atom stereocenters. The van der Waals surface area contributed by atoms with Crippen molar-refractivity contribution < 1.29 is 80.2 Å². The van der Waals surface area contributed by atoms with Gasteiger partial charge in [-0.3, -0.25) is 37.3 Å². The number of rotatable bonds is 64. The molecule has 0 bridgehead atoms. The Morgan fingerprint density at radius 2 is 0.548 bits per heavy atom. The maximum Gasteiger partial charge on any atom is 0.472 e. The van der Waals surface area contributed by atoms with Crippen molar-refractivity contribution in [3.8, 4) is 0 Å². The maximum atomic E-state index is 13.0. The summed E-state index contributed by atoms with van der Waals surface area (Å²) in [5.74, 6) is -0.590. The first-order chi connectivity index (χ1) is 40.4.